The number of carbonyl (C=O) groups is 1. The molecular weight excluding hydrogens is 250 g/mol. The maximum absolute atomic E-state index is 11.3. The molecule has 0 radical (unpaired) electrons. The molecule has 7 heteroatoms. The van der Waals surface area contributed by atoms with Crippen molar-refractivity contribution in [2.24, 2.45) is 0 Å². The van der Waals surface area contributed by atoms with Crippen molar-refractivity contribution >= 4 is 17.5 Å². The van der Waals surface area contributed by atoms with Crippen LogP contribution in [0.15, 0.2) is 12.2 Å². The Bertz CT molecular complexity index is 286. The van der Waals surface area contributed by atoms with Gasteiger partial charge in [0.2, 0.25) is 11.9 Å². The average Bonchev–Trinajstić information content (AvgIpc) is 2.33. The number of alkyl halides is 1. The second-order valence-electron chi connectivity index (χ2n) is 3.57. The number of hydrogen-bond donors (Lipinski definition) is 4. The van der Waals surface area contributed by atoms with Gasteiger partial charge in [-0.05, 0) is 0 Å². The molecule has 1 rings (SSSR count). The van der Waals surface area contributed by atoms with E-state index in [-0.39, 0.29) is 5.88 Å². The van der Waals surface area contributed by atoms with Crippen molar-refractivity contribution in [3.05, 3.63) is 18.8 Å². The van der Waals surface area contributed by atoms with Gasteiger partial charge in [-0.25, -0.2) is 0 Å². The van der Waals surface area contributed by atoms with Crippen LogP contribution in [0.3, 0.4) is 0 Å². The van der Waals surface area contributed by atoms with Crippen molar-refractivity contribution in [3.8, 4) is 0 Å². The van der Waals surface area contributed by atoms with E-state index in [0.717, 1.165) is 0 Å². The van der Waals surface area contributed by atoms with Crippen LogP contribution in [0.4, 0.5) is 0 Å². The Kier molecular flexibility index (Phi) is 5.73. The van der Waals surface area contributed by atoms with Crippen LogP contribution in [-0.2, 0) is 9.53 Å². The second-order valence-corrected chi connectivity index (χ2v) is 3.87. The number of aliphatic hydroxyl groups is 3. The molecule has 6 nitrogen and oxygen atoms in total. The molecule has 96 valence electrons. The highest BCUT2D eigenvalue weighted by Gasteiger charge is 2.45. The van der Waals surface area contributed by atoms with Gasteiger partial charge in [0.25, 0.3) is 6.61 Å². The Balaban J connectivity index is 2.50. The van der Waals surface area contributed by atoms with E-state index in [2.05, 4.69) is 5.32 Å². The summed E-state index contributed by atoms with van der Waals surface area (Å²) >= 11 is 5.36. The van der Waals surface area contributed by atoms with E-state index in [1.54, 1.807) is 0 Å². The number of halogens is 1. The normalized spacial score (nSPS) is 33.4. The number of rotatable bonds is 4. The van der Waals surface area contributed by atoms with Gasteiger partial charge >= 0.3 is 0 Å². The number of amides is 1. The van der Waals surface area contributed by atoms with Crippen LogP contribution >= 0.6 is 11.6 Å². The van der Waals surface area contributed by atoms with Crippen LogP contribution in [0.5, 0.6) is 0 Å². The number of allylic oxidation sites excluding steroid dienone is 1. The predicted molar refractivity (Wildman–Crippen MR) is 60.1 cm³/mol. The summed E-state index contributed by atoms with van der Waals surface area (Å²) in [6.07, 6.45) is -0.698. The minimum absolute atomic E-state index is 0.204. The highest BCUT2D eigenvalue weighted by Crippen LogP contribution is 2.18. The number of ether oxygens (including phenoxy) is 1. The first kappa shape index (κ1) is 14.3. The Morgan fingerprint density at radius 1 is 1.47 bits per heavy atom. The molecule has 0 aromatic heterocycles. The Morgan fingerprint density at radius 3 is 2.76 bits per heavy atom. The lowest BCUT2D eigenvalue weighted by Gasteiger charge is -2.29. The molecule has 4 unspecified atom stereocenters. The molecule has 0 aromatic rings. The van der Waals surface area contributed by atoms with Crippen LogP contribution in [-0.4, -0.2) is 58.1 Å². The van der Waals surface area contributed by atoms with Crippen molar-refractivity contribution in [1.82, 2.24) is 5.32 Å². The summed E-state index contributed by atoms with van der Waals surface area (Å²) in [5.41, 5.74) is 0. The van der Waals surface area contributed by atoms with Crippen molar-refractivity contribution in [1.29, 1.82) is 0 Å². The van der Waals surface area contributed by atoms with Gasteiger partial charge in [-0.3, -0.25) is 4.79 Å². The largest absolute Gasteiger partial charge is 0.393 e. The van der Waals surface area contributed by atoms with Gasteiger partial charge in [0.1, 0.15) is 12.2 Å². The van der Waals surface area contributed by atoms with E-state index >= 15 is 0 Å². The lowest BCUT2D eigenvalue weighted by molar-refractivity contribution is -0.143. The predicted octanol–water partition coefficient (Wildman–Crippen LogP) is -1.46. The smallest absolute Gasteiger partial charge is 0.254 e. The lowest BCUT2D eigenvalue weighted by atomic mass is 9.98. The zero-order valence-electron chi connectivity index (χ0n) is 8.99. The quantitative estimate of drug-likeness (QED) is 0.283. The third-order valence-electron chi connectivity index (χ3n) is 2.35. The molecule has 4 N–H and O–H groups in total. The maximum atomic E-state index is 11.3. The van der Waals surface area contributed by atoms with E-state index in [1.165, 1.54) is 18.8 Å². The fourth-order valence-electron chi connectivity index (χ4n) is 1.41. The summed E-state index contributed by atoms with van der Waals surface area (Å²) in [5, 5.41) is 30.5. The molecule has 1 fully saturated rings. The number of nitrogens with one attached hydrogen (secondary N) is 1. The first-order chi connectivity index (χ1) is 8.10. The van der Waals surface area contributed by atoms with Crippen LogP contribution in [0.25, 0.3) is 0 Å². The molecule has 1 heterocycles. The van der Waals surface area contributed by atoms with E-state index in [9.17, 15) is 15.0 Å². The van der Waals surface area contributed by atoms with Gasteiger partial charge in [-0.1, -0.05) is 6.08 Å². The van der Waals surface area contributed by atoms with Gasteiger partial charge < -0.3 is 20.6 Å². The summed E-state index contributed by atoms with van der Waals surface area (Å²) in [6.45, 7) is 0.770. The van der Waals surface area contributed by atoms with Crippen molar-refractivity contribution in [2.75, 3.05) is 12.5 Å². The summed E-state index contributed by atoms with van der Waals surface area (Å²) in [4.78, 5) is 11.3. The zero-order chi connectivity index (χ0) is 12.8. The molecule has 4 atom stereocenters. The number of carbonyl (C=O) groups excluding carboxylic acids is 1. The van der Waals surface area contributed by atoms with Crippen LogP contribution < -0.4 is 5.32 Å². The molecule has 1 saturated heterocycles. The fourth-order valence-corrected chi connectivity index (χ4v) is 1.50. The van der Waals surface area contributed by atoms with E-state index in [1.807, 2.05) is 0 Å². The van der Waals surface area contributed by atoms with Gasteiger partial charge in [-0.2, -0.15) is 4.74 Å². The van der Waals surface area contributed by atoms with Gasteiger partial charge in [0.15, 0.2) is 6.10 Å². The third-order valence-corrected chi connectivity index (χ3v) is 2.52. The molecule has 0 saturated carbocycles. The molecule has 0 bridgehead atoms. The van der Waals surface area contributed by atoms with Crippen molar-refractivity contribution in [3.63, 3.8) is 0 Å². The number of hydrogen-bond acceptors (Lipinski definition) is 5. The molecule has 1 amide bonds. The Morgan fingerprint density at radius 2 is 2.18 bits per heavy atom. The summed E-state index contributed by atoms with van der Waals surface area (Å²) < 4.78 is 4.98. The molecule has 0 spiro atoms. The molecular formula is C10H15ClNO5+. The molecule has 0 aromatic carbocycles. The monoisotopic (exact) mass is 264 g/mol. The lowest BCUT2D eigenvalue weighted by Crippen LogP contribution is -2.57. The zero-order valence-corrected chi connectivity index (χ0v) is 9.75. The molecule has 17 heavy (non-hydrogen) atoms. The van der Waals surface area contributed by atoms with Gasteiger partial charge in [0, 0.05) is 12.0 Å². The van der Waals surface area contributed by atoms with Crippen LogP contribution in [0.2, 0.25) is 0 Å². The van der Waals surface area contributed by atoms with E-state index in [0.29, 0.717) is 0 Å². The average molecular weight is 265 g/mol. The van der Waals surface area contributed by atoms with Crippen LogP contribution in [0, 0.1) is 6.61 Å². The Labute approximate surface area is 104 Å². The fraction of sp³-hybridized carbons (Fsp3) is 0.600. The van der Waals surface area contributed by atoms with Crippen LogP contribution in [0.1, 0.15) is 0 Å². The highest BCUT2D eigenvalue weighted by molar-refractivity contribution is 6.19. The molecule has 1 aliphatic heterocycles. The highest BCUT2D eigenvalue weighted by atomic mass is 35.5. The minimum Gasteiger partial charge on any atom is -0.393 e. The SMILES string of the molecule is O=C(C=CCCl)NC1[CH+]OC(CO)C(O)C1O. The standard InChI is InChI=1S/C10H14ClNO5/c11-3-1-2-8(14)12-6-5-17-7(4-13)10(16)9(6)15/h1-2,5-7,9-10,13,15-16H,3-4H2/p+1. The second kappa shape index (κ2) is 6.83. The molecule has 0 aliphatic carbocycles. The van der Waals surface area contributed by atoms with Gasteiger partial charge in [-0.15, -0.1) is 11.6 Å². The van der Waals surface area contributed by atoms with Crippen molar-refractivity contribution in [2.45, 2.75) is 24.4 Å². The number of aliphatic hydroxyl groups excluding tert-OH is 3. The summed E-state index contributed by atoms with van der Waals surface area (Å²) in [5.74, 6) is -0.250. The topological polar surface area (TPSA) is 99.0 Å². The first-order valence-corrected chi connectivity index (χ1v) is 5.62. The first-order valence-electron chi connectivity index (χ1n) is 5.09. The van der Waals surface area contributed by atoms with E-state index in [4.69, 9.17) is 21.4 Å². The summed E-state index contributed by atoms with van der Waals surface area (Å²) in [6, 6.07) is -0.833. The van der Waals surface area contributed by atoms with Crippen molar-refractivity contribution < 1.29 is 24.9 Å². The van der Waals surface area contributed by atoms with E-state index < -0.39 is 36.9 Å². The minimum atomic E-state index is -1.26. The third kappa shape index (κ3) is 3.86. The summed E-state index contributed by atoms with van der Waals surface area (Å²) in [7, 11) is 0. The maximum Gasteiger partial charge on any atom is 0.254 e. The Hall–Kier alpha value is -0.790. The van der Waals surface area contributed by atoms with Gasteiger partial charge in [0.05, 0.1) is 6.61 Å². The molecule has 1 aliphatic rings.